The van der Waals surface area contributed by atoms with E-state index in [2.05, 4.69) is 16.9 Å². The third kappa shape index (κ3) is 2.28. The molecular formula is C15H24N4. The van der Waals surface area contributed by atoms with E-state index in [-0.39, 0.29) is 6.04 Å². The van der Waals surface area contributed by atoms with Crippen LogP contribution in [0.25, 0.3) is 0 Å². The number of rotatable bonds is 2. The molecule has 2 N–H and O–H groups in total. The van der Waals surface area contributed by atoms with Gasteiger partial charge < -0.3 is 10.6 Å². The second-order valence-electron chi connectivity index (χ2n) is 6.28. The first-order valence-corrected chi connectivity index (χ1v) is 7.37. The van der Waals surface area contributed by atoms with Gasteiger partial charge in [0.05, 0.1) is 0 Å². The van der Waals surface area contributed by atoms with E-state index in [0.717, 1.165) is 29.2 Å². The van der Waals surface area contributed by atoms with Crippen LogP contribution in [0.2, 0.25) is 0 Å². The second-order valence-corrected chi connectivity index (χ2v) is 6.28. The topological polar surface area (TPSA) is 55.0 Å². The van der Waals surface area contributed by atoms with Gasteiger partial charge in [-0.2, -0.15) is 0 Å². The molecule has 3 heterocycles. The summed E-state index contributed by atoms with van der Waals surface area (Å²) in [5.74, 6) is 1.57. The van der Waals surface area contributed by atoms with Gasteiger partial charge in [0, 0.05) is 41.5 Å². The first kappa shape index (κ1) is 13.0. The molecule has 1 aromatic heterocycles. The van der Waals surface area contributed by atoms with Crippen LogP contribution in [0.1, 0.15) is 61.6 Å². The van der Waals surface area contributed by atoms with Crippen molar-refractivity contribution in [2.45, 2.75) is 63.6 Å². The number of nitrogens with two attached hydrogens (primary N) is 1. The predicted molar refractivity (Wildman–Crippen MR) is 75.9 cm³/mol. The van der Waals surface area contributed by atoms with Crippen molar-refractivity contribution in [1.29, 1.82) is 0 Å². The molecule has 0 aliphatic carbocycles. The van der Waals surface area contributed by atoms with Gasteiger partial charge in [0.2, 0.25) is 0 Å². The van der Waals surface area contributed by atoms with Crippen molar-refractivity contribution in [2.24, 2.45) is 5.73 Å². The van der Waals surface area contributed by atoms with Gasteiger partial charge in [-0.15, -0.1) is 0 Å². The quantitative estimate of drug-likeness (QED) is 0.885. The molecule has 3 unspecified atom stereocenters. The molecule has 1 aromatic rings. The van der Waals surface area contributed by atoms with Crippen LogP contribution in [0.5, 0.6) is 0 Å². The number of piperidine rings is 1. The van der Waals surface area contributed by atoms with Crippen LogP contribution in [0.4, 0.5) is 0 Å². The molecule has 0 saturated carbocycles. The van der Waals surface area contributed by atoms with E-state index in [4.69, 9.17) is 10.7 Å². The van der Waals surface area contributed by atoms with Gasteiger partial charge in [0.25, 0.3) is 0 Å². The van der Waals surface area contributed by atoms with Crippen molar-refractivity contribution in [3.8, 4) is 0 Å². The molecule has 2 aliphatic heterocycles. The molecule has 2 bridgehead atoms. The van der Waals surface area contributed by atoms with Crippen molar-refractivity contribution in [3.05, 3.63) is 23.3 Å². The first-order chi connectivity index (χ1) is 9.06. The second kappa shape index (κ2) is 4.84. The Hall–Kier alpha value is -1.00. The van der Waals surface area contributed by atoms with Gasteiger partial charge in [-0.1, -0.05) is 0 Å². The summed E-state index contributed by atoms with van der Waals surface area (Å²) in [5, 5.41) is 0. The van der Waals surface area contributed by atoms with Crippen LogP contribution in [0.3, 0.4) is 0 Å². The molecule has 2 fully saturated rings. The fraction of sp³-hybridized carbons (Fsp3) is 0.733. The maximum Gasteiger partial charge on any atom is 0.131 e. The van der Waals surface area contributed by atoms with E-state index < -0.39 is 0 Å². The number of aryl methyl sites for hydroxylation is 1. The zero-order chi connectivity index (χ0) is 13.6. The van der Waals surface area contributed by atoms with Crippen LogP contribution in [0, 0.1) is 6.92 Å². The number of fused-ring (bicyclic) bond motifs is 2. The minimum Gasteiger partial charge on any atom is -0.324 e. The summed E-state index contributed by atoms with van der Waals surface area (Å²) in [5.41, 5.74) is 8.05. The third-order valence-corrected chi connectivity index (χ3v) is 4.99. The van der Waals surface area contributed by atoms with Crippen LogP contribution in [-0.4, -0.2) is 34.0 Å². The highest BCUT2D eigenvalue weighted by Crippen LogP contribution is 2.41. The van der Waals surface area contributed by atoms with Crippen molar-refractivity contribution >= 4 is 0 Å². The molecule has 104 valence electrons. The Morgan fingerprint density at radius 2 is 1.95 bits per heavy atom. The normalized spacial score (nSPS) is 32.5. The highest BCUT2D eigenvalue weighted by Gasteiger charge is 2.39. The lowest BCUT2D eigenvalue weighted by atomic mass is 9.90. The van der Waals surface area contributed by atoms with Gasteiger partial charge in [-0.05, 0) is 46.6 Å². The largest absolute Gasteiger partial charge is 0.324 e. The number of hydrogen-bond donors (Lipinski definition) is 1. The third-order valence-electron chi connectivity index (χ3n) is 4.99. The molecule has 3 rings (SSSR count). The Balaban J connectivity index is 1.82. The van der Waals surface area contributed by atoms with E-state index in [9.17, 15) is 0 Å². The number of aromatic nitrogens is 2. The van der Waals surface area contributed by atoms with E-state index in [1.165, 1.54) is 25.7 Å². The number of hydrogen-bond acceptors (Lipinski definition) is 4. The lowest BCUT2D eigenvalue weighted by molar-refractivity contribution is 0.158. The molecule has 2 aliphatic rings. The van der Waals surface area contributed by atoms with E-state index in [1.807, 2.05) is 20.0 Å². The average Bonchev–Trinajstić information content (AvgIpc) is 2.61. The SMILES string of the molecule is Cc1nc(C2CC3CCC(C2)N3C)ncc1C(C)N. The van der Waals surface area contributed by atoms with Crippen molar-refractivity contribution in [3.63, 3.8) is 0 Å². The summed E-state index contributed by atoms with van der Waals surface area (Å²) in [7, 11) is 2.27. The predicted octanol–water partition coefficient (Wildman–Crippen LogP) is 2.14. The fourth-order valence-corrected chi connectivity index (χ4v) is 3.76. The van der Waals surface area contributed by atoms with Crippen LogP contribution in [-0.2, 0) is 0 Å². The first-order valence-electron chi connectivity index (χ1n) is 7.37. The lowest BCUT2D eigenvalue weighted by Gasteiger charge is -2.35. The summed E-state index contributed by atoms with van der Waals surface area (Å²) in [4.78, 5) is 11.9. The van der Waals surface area contributed by atoms with Crippen molar-refractivity contribution in [1.82, 2.24) is 14.9 Å². The lowest BCUT2D eigenvalue weighted by Crippen LogP contribution is -2.39. The molecule has 0 aromatic carbocycles. The zero-order valence-corrected chi connectivity index (χ0v) is 12.1. The van der Waals surface area contributed by atoms with E-state index in [0.29, 0.717) is 5.92 Å². The highest BCUT2D eigenvalue weighted by molar-refractivity contribution is 5.21. The molecule has 2 saturated heterocycles. The van der Waals surface area contributed by atoms with Gasteiger partial charge in [-0.25, -0.2) is 9.97 Å². The average molecular weight is 260 g/mol. The van der Waals surface area contributed by atoms with Crippen LogP contribution in [0.15, 0.2) is 6.20 Å². The highest BCUT2D eigenvalue weighted by atomic mass is 15.2. The molecule has 4 heteroatoms. The van der Waals surface area contributed by atoms with Gasteiger partial charge in [0.1, 0.15) is 5.82 Å². The van der Waals surface area contributed by atoms with Gasteiger partial charge >= 0.3 is 0 Å². The summed E-state index contributed by atoms with van der Waals surface area (Å²) >= 11 is 0. The van der Waals surface area contributed by atoms with Crippen molar-refractivity contribution in [2.75, 3.05) is 7.05 Å². The Kier molecular flexibility index (Phi) is 3.31. The summed E-state index contributed by atoms with van der Waals surface area (Å²) < 4.78 is 0. The molecule has 3 atom stereocenters. The summed E-state index contributed by atoms with van der Waals surface area (Å²) in [6.45, 7) is 4.04. The standard InChI is InChI=1S/C15H24N4/c1-9(16)14-8-17-15(18-10(14)2)11-6-12-4-5-13(7-11)19(12)3/h8-9,11-13H,4-7,16H2,1-3H3. The molecule has 0 amide bonds. The Bertz CT molecular complexity index is 457. The molecule has 4 nitrogen and oxygen atoms in total. The Labute approximate surface area is 115 Å². The maximum atomic E-state index is 5.93. The van der Waals surface area contributed by atoms with Gasteiger partial charge in [-0.3, -0.25) is 0 Å². The number of nitrogens with zero attached hydrogens (tertiary/aromatic N) is 3. The van der Waals surface area contributed by atoms with E-state index >= 15 is 0 Å². The van der Waals surface area contributed by atoms with E-state index in [1.54, 1.807) is 0 Å². The minimum absolute atomic E-state index is 0.0164. The Morgan fingerprint density at radius 3 is 2.47 bits per heavy atom. The molecule has 0 radical (unpaired) electrons. The molecule has 19 heavy (non-hydrogen) atoms. The molecular weight excluding hydrogens is 236 g/mol. The monoisotopic (exact) mass is 260 g/mol. The minimum atomic E-state index is 0.0164. The zero-order valence-electron chi connectivity index (χ0n) is 12.1. The van der Waals surface area contributed by atoms with Crippen LogP contribution < -0.4 is 5.73 Å². The van der Waals surface area contributed by atoms with Crippen LogP contribution >= 0.6 is 0 Å². The Morgan fingerprint density at radius 1 is 1.32 bits per heavy atom. The van der Waals surface area contributed by atoms with Gasteiger partial charge in [0.15, 0.2) is 0 Å². The smallest absolute Gasteiger partial charge is 0.131 e. The molecule has 0 spiro atoms. The maximum absolute atomic E-state index is 5.93. The summed E-state index contributed by atoms with van der Waals surface area (Å²) in [6, 6.07) is 1.49. The fourth-order valence-electron chi connectivity index (χ4n) is 3.76. The van der Waals surface area contributed by atoms with Crippen molar-refractivity contribution < 1.29 is 0 Å². The summed E-state index contributed by atoms with van der Waals surface area (Å²) in [6.07, 6.45) is 7.04.